The number of morpholine rings is 1. The van der Waals surface area contributed by atoms with Gasteiger partial charge in [-0.3, -0.25) is 0 Å². The Hall–Kier alpha value is -1.03. The molecule has 0 N–H and O–H groups in total. The van der Waals surface area contributed by atoms with E-state index in [4.69, 9.17) is 9.26 Å². The molecule has 2 heterocycles. The highest BCUT2D eigenvalue weighted by molar-refractivity contribution is 5.38. The number of anilines is 1. The predicted molar refractivity (Wildman–Crippen MR) is 58.1 cm³/mol. The van der Waals surface area contributed by atoms with E-state index in [1.54, 1.807) is 0 Å². The van der Waals surface area contributed by atoms with Crippen LogP contribution >= 0.6 is 0 Å². The van der Waals surface area contributed by atoms with E-state index in [-0.39, 0.29) is 0 Å². The van der Waals surface area contributed by atoms with Gasteiger partial charge in [0.25, 0.3) is 0 Å². The zero-order valence-electron chi connectivity index (χ0n) is 9.24. The van der Waals surface area contributed by atoms with E-state index in [0.717, 1.165) is 50.7 Å². The van der Waals surface area contributed by atoms with E-state index < -0.39 is 0 Å². The molecule has 0 spiro atoms. The Morgan fingerprint density at radius 1 is 1.40 bits per heavy atom. The molecule has 0 atom stereocenters. The molecule has 0 bridgehead atoms. The Kier molecular flexibility index (Phi) is 3.61. The number of unbranched alkanes of at least 4 members (excludes halogenated alkanes) is 1. The molecule has 0 saturated carbocycles. The molecular weight excluding hydrogens is 192 g/mol. The predicted octanol–water partition coefficient (Wildman–Crippen LogP) is 1.85. The SMILES string of the molecule is CCCCc1cc(N2CCOCC2)no1. The molecule has 0 aliphatic carbocycles. The van der Waals surface area contributed by atoms with Crippen LogP contribution in [0, 0.1) is 0 Å². The molecule has 0 unspecified atom stereocenters. The van der Waals surface area contributed by atoms with Crippen LogP contribution in [0.25, 0.3) is 0 Å². The second-order valence-corrected chi connectivity index (χ2v) is 3.85. The van der Waals surface area contributed by atoms with Crippen molar-refractivity contribution in [1.82, 2.24) is 5.16 Å². The smallest absolute Gasteiger partial charge is 0.172 e. The fraction of sp³-hybridized carbons (Fsp3) is 0.727. The van der Waals surface area contributed by atoms with Gasteiger partial charge in [-0.25, -0.2) is 0 Å². The van der Waals surface area contributed by atoms with Crippen molar-refractivity contribution in [1.29, 1.82) is 0 Å². The van der Waals surface area contributed by atoms with Gasteiger partial charge in [-0.05, 0) is 6.42 Å². The van der Waals surface area contributed by atoms with Crippen molar-refractivity contribution in [3.8, 4) is 0 Å². The summed E-state index contributed by atoms with van der Waals surface area (Å²) < 4.78 is 10.6. The highest BCUT2D eigenvalue weighted by Crippen LogP contribution is 2.17. The molecule has 0 radical (unpaired) electrons. The molecule has 4 heteroatoms. The lowest BCUT2D eigenvalue weighted by molar-refractivity contribution is 0.122. The zero-order valence-corrected chi connectivity index (χ0v) is 9.24. The molecule has 1 aromatic rings. The van der Waals surface area contributed by atoms with Gasteiger partial charge in [0, 0.05) is 25.6 Å². The highest BCUT2D eigenvalue weighted by Gasteiger charge is 2.14. The monoisotopic (exact) mass is 210 g/mol. The molecule has 1 aliphatic heterocycles. The van der Waals surface area contributed by atoms with Crippen LogP contribution in [0.5, 0.6) is 0 Å². The van der Waals surface area contributed by atoms with Gasteiger partial charge in [0.2, 0.25) is 0 Å². The molecule has 84 valence electrons. The minimum absolute atomic E-state index is 0.789. The molecule has 1 saturated heterocycles. The van der Waals surface area contributed by atoms with Crippen molar-refractivity contribution in [2.24, 2.45) is 0 Å². The van der Waals surface area contributed by atoms with Gasteiger partial charge < -0.3 is 14.2 Å². The lowest BCUT2D eigenvalue weighted by Crippen LogP contribution is -2.36. The lowest BCUT2D eigenvalue weighted by atomic mass is 10.2. The fourth-order valence-corrected chi connectivity index (χ4v) is 1.71. The maximum atomic E-state index is 5.29. The summed E-state index contributed by atoms with van der Waals surface area (Å²) in [5.74, 6) is 1.96. The molecule has 15 heavy (non-hydrogen) atoms. The Labute approximate surface area is 90.2 Å². The van der Waals surface area contributed by atoms with Crippen LogP contribution in [-0.2, 0) is 11.2 Å². The van der Waals surface area contributed by atoms with E-state index in [1.165, 1.54) is 6.42 Å². The van der Waals surface area contributed by atoms with Gasteiger partial charge in [-0.2, -0.15) is 0 Å². The normalized spacial score (nSPS) is 17.0. The largest absolute Gasteiger partial charge is 0.378 e. The van der Waals surface area contributed by atoms with Crippen molar-refractivity contribution in [3.05, 3.63) is 11.8 Å². The summed E-state index contributed by atoms with van der Waals surface area (Å²) in [7, 11) is 0. The van der Waals surface area contributed by atoms with Crippen molar-refractivity contribution < 1.29 is 9.26 Å². The third kappa shape index (κ3) is 2.72. The minimum atomic E-state index is 0.789. The summed E-state index contributed by atoms with van der Waals surface area (Å²) in [5.41, 5.74) is 0. The first kappa shape index (κ1) is 10.5. The van der Waals surface area contributed by atoms with Crippen molar-refractivity contribution in [2.75, 3.05) is 31.2 Å². The third-order valence-corrected chi connectivity index (χ3v) is 2.66. The van der Waals surface area contributed by atoms with Crippen LogP contribution < -0.4 is 4.90 Å². The number of aryl methyl sites for hydroxylation is 1. The van der Waals surface area contributed by atoms with Gasteiger partial charge in [-0.1, -0.05) is 18.5 Å². The van der Waals surface area contributed by atoms with Gasteiger partial charge in [0.15, 0.2) is 5.82 Å². The van der Waals surface area contributed by atoms with E-state index >= 15 is 0 Å². The first-order valence-electron chi connectivity index (χ1n) is 5.68. The molecule has 1 fully saturated rings. The molecule has 0 aromatic carbocycles. The standard InChI is InChI=1S/C11H18N2O2/c1-2-3-4-10-9-11(12-15-10)13-5-7-14-8-6-13/h9H,2-8H2,1H3. The summed E-state index contributed by atoms with van der Waals surface area (Å²) in [6.07, 6.45) is 3.35. The quantitative estimate of drug-likeness (QED) is 0.760. The number of aromatic nitrogens is 1. The molecular formula is C11H18N2O2. The number of hydrogen-bond acceptors (Lipinski definition) is 4. The Balaban J connectivity index is 1.93. The third-order valence-electron chi connectivity index (χ3n) is 2.66. The van der Waals surface area contributed by atoms with Crippen molar-refractivity contribution >= 4 is 5.82 Å². The lowest BCUT2D eigenvalue weighted by Gasteiger charge is -2.25. The Morgan fingerprint density at radius 3 is 2.93 bits per heavy atom. The van der Waals surface area contributed by atoms with Crippen LogP contribution in [0.3, 0.4) is 0 Å². The second-order valence-electron chi connectivity index (χ2n) is 3.85. The summed E-state index contributed by atoms with van der Waals surface area (Å²) in [6.45, 7) is 5.59. The summed E-state index contributed by atoms with van der Waals surface area (Å²) in [6, 6.07) is 2.06. The fourth-order valence-electron chi connectivity index (χ4n) is 1.71. The molecule has 0 amide bonds. The van der Waals surface area contributed by atoms with E-state index in [2.05, 4.69) is 23.0 Å². The van der Waals surface area contributed by atoms with Crippen LogP contribution in [0.15, 0.2) is 10.6 Å². The first-order valence-corrected chi connectivity index (χ1v) is 5.68. The van der Waals surface area contributed by atoms with Crippen LogP contribution in [0.4, 0.5) is 5.82 Å². The van der Waals surface area contributed by atoms with Gasteiger partial charge >= 0.3 is 0 Å². The van der Waals surface area contributed by atoms with Gasteiger partial charge in [0.05, 0.1) is 13.2 Å². The molecule has 2 rings (SSSR count). The van der Waals surface area contributed by atoms with Gasteiger partial charge in [-0.15, -0.1) is 0 Å². The minimum Gasteiger partial charge on any atom is -0.378 e. The summed E-state index contributed by atoms with van der Waals surface area (Å²) >= 11 is 0. The Bertz CT molecular complexity index is 293. The number of ether oxygens (including phenoxy) is 1. The first-order chi connectivity index (χ1) is 7.40. The molecule has 4 nitrogen and oxygen atoms in total. The summed E-state index contributed by atoms with van der Waals surface area (Å²) in [4.78, 5) is 2.21. The maximum absolute atomic E-state index is 5.29. The van der Waals surface area contributed by atoms with Crippen LogP contribution in [-0.4, -0.2) is 31.5 Å². The Morgan fingerprint density at radius 2 is 2.20 bits per heavy atom. The highest BCUT2D eigenvalue weighted by atomic mass is 16.5. The maximum Gasteiger partial charge on any atom is 0.172 e. The van der Waals surface area contributed by atoms with E-state index in [0.29, 0.717) is 0 Å². The average Bonchev–Trinajstić information content (AvgIpc) is 2.76. The van der Waals surface area contributed by atoms with Crippen LogP contribution in [0.1, 0.15) is 25.5 Å². The van der Waals surface area contributed by atoms with E-state index in [9.17, 15) is 0 Å². The molecule has 1 aliphatic rings. The van der Waals surface area contributed by atoms with E-state index in [1.807, 2.05) is 0 Å². The number of nitrogens with zero attached hydrogens (tertiary/aromatic N) is 2. The van der Waals surface area contributed by atoms with Crippen LogP contribution in [0.2, 0.25) is 0 Å². The number of rotatable bonds is 4. The second kappa shape index (κ2) is 5.16. The molecule has 1 aromatic heterocycles. The van der Waals surface area contributed by atoms with Gasteiger partial charge in [0.1, 0.15) is 5.76 Å². The number of hydrogen-bond donors (Lipinski definition) is 0. The topological polar surface area (TPSA) is 38.5 Å². The zero-order chi connectivity index (χ0) is 10.5. The average molecular weight is 210 g/mol. The van der Waals surface area contributed by atoms with Crippen molar-refractivity contribution in [3.63, 3.8) is 0 Å². The van der Waals surface area contributed by atoms with Crippen molar-refractivity contribution in [2.45, 2.75) is 26.2 Å². The summed E-state index contributed by atoms with van der Waals surface area (Å²) in [5, 5.41) is 4.09.